The molecule has 0 saturated heterocycles. The maximum atomic E-state index is 13.5. The Bertz CT molecular complexity index is 525. The van der Waals surface area contributed by atoms with Crippen LogP contribution in [0.5, 0.6) is 5.75 Å². The van der Waals surface area contributed by atoms with Crippen molar-refractivity contribution in [2.45, 2.75) is 38.3 Å². The Morgan fingerprint density at radius 1 is 1.32 bits per heavy atom. The molecular weight excluding hydrogens is 303 g/mol. The first-order valence-corrected chi connectivity index (χ1v) is 6.57. The van der Waals surface area contributed by atoms with E-state index in [1.807, 2.05) is 5.32 Å². The average Bonchev–Trinajstić information content (AvgIpc) is 2.45. The van der Waals surface area contributed by atoms with E-state index in [1.54, 1.807) is 6.92 Å². The standard InChI is InChI=1S/C14H16F3NO4/c1-2-10(22-11-6-4-3-5-8(11)15)13(19)18-9(14(20)21)7-12(16)17/h3-6,9-10,12H,2,7H2,1H3,(H,18,19)(H,20,21). The monoisotopic (exact) mass is 319 g/mol. The van der Waals surface area contributed by atoms with Crippen LogP contribution in [0.2, 0.25) is 0 Å². The second-order valence-corrected chi connectivity index (χ2v) is 4.47. The van der Waals surface area contributed by atoms with Gasteiger partial charge in [0.05, 0.1) is 0 Å². The summed E-state index contributed by atoms with van der Waals surface area (Å²) in [6, 6.07) is 3.65. The highest BCUT2D eigenvalue weighted by Crippen LogP contribution is 2.18. The molecule has 0 fully saturated rings. The average molecular weight is 319 g/mol. The lowest BCUT2D eigenvalue weighted by Crippen LogP contribution is -2.47. The molecule has 0 aliphatic heterocycles. The number of hydrogen-bond donors (Lipinski definition) is 2. The van der Waals surface area contributed by atoms with E-state index < -0.39 is 42.7 Å². The molecule has 2 atom stereocenters. The van der Waals surface area contributed by atoms with Crippen molar-refractivity contribution in [3.8, 4) is 5.75 Å². The number of carbonyl (C=O) groups is 2. The molecule has 0 aliphatic rings. The molecule has 1 amide bonds. The minimum Gasteiger partial charge on any atom is -0.480 e. The molecule has 5 nitrogen and oxygen atoms in total. The van der Waals surface area contributed by atoms with Crippen LogP contribution in [0, 0.1) is 5.82 Å². The van der Waals surface area contributed by atoms with Gasteiger partial charge in [-0.15, -0.1) is 0 Å². The van der Waals surface area contributed by atoms with Gasteiger partial charge in [0.2, 0.25) is 6.43 Å². The number of benzene rings is 1. The topological polar surface area (TPSA) is 75.6 Å². The summed E-state index contributed by atoms with van der Waals surface area (Å²) in [6.07, 6.45) is -4.97. The number of aliphatic carboxylic acids is 1. The van der Waals surface area contributed by atoms with Crippen molar-refractivity contribution in [3.05, 3.63) is 30.1 Å². The lowest BCUT2D eigenvalue weighted by molar-refractivity contribution is -0.144. The number of amides is 1. The molecule has 0 aromatic heterocycles. The quantitative estimate of drug-likeness (QED) is 0.770. The van der Waals surface area contributed by atoms with E-state index in [2.05, 4.69) is 0 Å². The maximum absolute atomic E-state index is 13.5. The first-order valence-electron chi connectivity index (χ1n) is 6.57. The third-order valence-corrected chi connectivity index (χ3v) is 2.80. The molecule has 2 unspecified atom stereocenters. The summed E-state index contributed by atoms with van der Waals surface area (Å²) in [5.74, 6) is -3.32. The SMILES string of the molecule is CCC(Oc1ccccc1F)C(=O)NC(CC(F)F)C(=O)O. The fourth-order valence-corrected chi connectivity index (χ4v) is 1.68. The number of hydrogen-bond acceptors (Lipinski definition) is 3. The van der Waals surface area contributed by atoms with E-state index in [0.717, 1.165) is 6.07 Å². The minimum absolute atomic E-state index is 0.112. The van der Waals surface area contributed by atoms with Crippen molar-refractivity contribution in [2.75, 3.05) is 0 Å². The van der Waals surface area contributed by atoms with Gasteiger partial charge in [0.25, 0.3) is 5.91 Å². The zero-order chi connectivity index (χ0) is 16.7. The van der Waals surface area contributed by atoms with Gasteiger partial charge in [0.1, 0.15) is 6.04 Å². The molecule has 8 heteroatoms. The molecule has 1 rings (SSSR count). The Morgan fingerprint density at radius 2 is 1.95 bits per heavy atom. The van der Waals surface area contributed by atoms with Crippen LogP contribution in [-0.4, -0.2) is 35.6 Å². The van der Waals surface area contributed by atoms with E-state index in [-0.39, 0.29) is 12.2 Å². The van der Waals surface area contributed by atoms with Gasteiger partial charge < -0.3 is 15.2 Å². The Hall–Kier alpha value is -2.25. The third-order valence-electron chi connectivity index (χ3n) is 2.80. The number of carboxylic acids is 1. The number of ether oxygens (including phenoxy) is 1. The second kappa shape index (κ2) is 8.26. The van der Waals surface area contributed by atoms with Crippen LogP contribution in [0.15, 0.2) is 24.3 Å². The van der Waals surface area contributed by atoms with Crippen molar-refractivity contribution in [1.82, 2.24) is 5.32 Å². The lowest BCUT2D eigenvalue weighted by Gasteiger charge is -2.20. The van der Waals surface area contributed by atoms with Crippen molar-refractivity contribution in [2.24, 2.45) is 0 Å². The van der Waals surface area contributed by atoms with Crippen molar-refractivity contribution < 1.29 is 32.6 Å². The molecule has 0 aliphatic carbocycles. The van der Waals surface area contributed by atoms with Gasteiger partial charge in [-0.2, -0.15) is 0 Å². The number of carboxylic acid groups (broad SMARTS) is 1. The number of alkyl halides is 2. The van der Waals surface area contributed by atoms with Crippen LogP contribution < -0.4 is 10.1 Å². The van der Waals surface area contributed by atoms with Gasteiger partial charge in [0.15, 0.2) is 17.7 Å². The summed E-state index contributed by atoms with van der Waals surface area (Å²) in [5.41, 5.74) is 0. The molecule has 0 spiro atoms. The summed E-state index contributed by atoms with van der Waals surface area (Å²) in [7, 11) is 0. The summed E-state index contributed by atoms with van der Waals surface area (Å²) in [5, 5.41) is 10.8. The number of rotatable bonds is 8. The molecule has 2 N–H and O–H groups in total. The van der Waals surface area contributed by atoms with Crippen molar-refractivity contribution in [3.63, 3.8) is 0 Å². The van der Waals surface area contributed by atoms with E-state index in [9.17, 15) is 22.8 Å². The summed E-state index contributed by atoms with van der Waals surface area (Å²) in [6.45, 7) is 1.56. The van der Waals surface area contributed by atoms with Crippen LogP contribution in [-0.2, 0) is 9.59 Å². The smallest absolute Gasteiger partial charge is 0.326 e. The number of nitrogens with one attached hydrogen (secondary N) is 1. The zero-order valence-electron chi connectivity index (χ0n) is 11.8. The number of para-hydroxylation sites is 1. The highest BCUT2D eigenvalue weighted by molar-refractivity contribution is 5.86. The molecule has 22 heavy (non-hydrogen) atoms. The zero-order valence-corrected chi connectivity index (χ0v) is 11.8. The van der Waals surface area contributed by atoms with Crippen LogP contribution in [0.3, 0.4) is 0 Å². The molecule has 0 bridgehead atoms. The summed E-state index contributed by atoms with van der Waals surface area (Å²) < 4.78 is 43.2. The van der Waals surface area contributed by atoms with Gasteiger partial charge in [0, 0.05) is 6.42 Å². The number of halogens is 3. The fraction of sp³-hybridized carbons (Fsp3) is 0.429. The number of carbonyl (C=O) groups excluding carboxylic acids is 1. The van der Waals surface area contributed by atoms with E-state index in [0.29, 0.717) is 0 Å². The Morgan fingerprint density at radius 3 is 2.45 bits per heavy atom. The first kappa shape index (κ1) is 17.8. The highest BCUT2D eigenvalue weighted by Gasteiger charge is 2.28. The van der Waals surface area contributed by atoms with E-state index in [4.69, 9.17) is 9.84 Å². The van der Waals surface area contributed by atoms with Crippen molar-refractivity contribution >= 4 is 11.9 Å². The van der Waals surface area contributed by atoms with Crippen molar-refractivity contribution in [1.29, 1.82) is 0 Å². The third kappa shape index (κ3) is 5.27. The highest BCUT2D eigenvalue weighted by atomic mass is 19.3. The fourth-order valence-electron chi connectivity index (χ4n) is 1.68. The van der Waals surface area contributed by atoms with E-state index in [1.165, 1.54) is 18.2 Å². The van der Waals surface area contributed by atoms with Gasteiger partial charge in [-0.05, 0) is 18.6 Å². The van der Waals surface area contributed by atoms with Crippen LogP contribution >= 0.6 is 0 Å². The van der Waals surface area contributed by atoms with Gasteiger partial charge in [-0.25, -0.2) is 18.0 Å². The Kier molecular flexibility index (Phi) is 6.68. The van der Waals surface area contributed by atoms with Gasteiger partial charge >= 0.3 is 5.97 Å². The molecule has 0 saturated carbocycles. The molecule has 122 valence electrons. The normalized spacial score (nSPS) is 13.5. The van der Waals surface area contributed by atoms with Crippen LogP contribution in [0.4, 0.5) is 13.2 Å². The second-order valence-electron chi connectivity index (χ2n) is 4.47. The van der Waals surface area contributed by atoms with Crippen LogP contribution in [0.25, 0.3) is 0 Å². The molecule has 0 radical (unpaired) electrons. The molecule has 1 aromatic rings. The Balaban J connectivity index is 2.75. The van der Waals surface area contributed by atoms with Gasteiger partial charge in [-0.1, -0.05) is 19.1 Å². The Labute approximate surface area is 125 Å². The van der Waals surface area contributed by atoms with Gasteiger partial charge in [-0.3, -0.25) is 4.79 Å². The largest absolute Gasteiger partial charge is 0.480 e. The molecular formula is C14H16F3NO4. The predicted molar refractivity (Wildman–Crippen MR) is 71.3 cm³/mol. The van der Waals surface area contributed by atoms with E-state index >= 15 is 0 Å². The maximum Gasteiger partial charge on any atom is 0.326 e. The molecule has 1 aromatic carbocycles. The lowest BCUT2D eigenvalue weighted by atomic mass is 10.2. The first-order chi connectivity index (χ1) is 10.3. The predicted octanol–water partition coefficient (Wildman–Crippen LogP) is 2.21. The summed E-state index contributed by atoms with van der Waals surface area (Å²) >= 11 is 0. The summed E-state index contributed by atoms with van der Waals surface area (Å²) in [4.78, 5) is 22.8. The minimum atomic E-state index is -2.88. The molecule has 0 heterocycles. The van der Waals surface area contributed by atoms with Crippen LogP contribution in [0.1, 0.15) is 19.8 Å².